The van der Waals surface area contributed by atoms with Crippen molar-refractivity contribution in [2.24, 2.45) is 0 Å². The highest BCUT2D eigenvalue weighted by molar-refractivity contribution is 5.73. The summed E-state index contributed by atoms with van der Waals surface area (Å²) < 4.78 is 34.6. The number of carbonyl (C=O) groups is 2. The Kier molecular flexibility index (Phi) is 9.83. The van der Waals surface area contributed by atoms with Crippen molar-refractivity contribution in [2.75, 3.05) is 20.8 Å². The van der Waals surface area contributed by atoms with Crippen molar-refractivity contribution in [1.82, 2.24) is 0 Å². The van der Waals surface area contributed by atoms with Crippen LogP contribution in [0, 0.1) is 0 Å². The predicted molar refractivity (Wildman–Crippen MR) is 166 cm³/mol. The summed E-state index contributed by atoms with van der Waals surface area (Å²) in [5.41, 5.74) is 2.18. The monoisotopic (exact) mass is 612 g/mol. The fourth-order valence-electron chi connectivity index (χ4n) is 5.57. The number of carbonyl (C=O) groups excluding carboxylic acids is 2. The van der Waals surface area contributed by atoms with Gasteiger partial charge in [0.2, 0.25) is 0 Å². The fourth-order valence-corrected chi connectivity index (χ4v) is 5.57. The summed E-state index contributed by atoms with van der Waals surface area (Å²) in [4.78, 5) is 23.3. The summed E-state index contributed by atoms with van der Waals surface area (Å²) in [6.45, 7) is 2.57. The number of rotatable bonds is 11. The van der Waals surface area contributed by atoms with Crippen LogP contribution in [0.5, 0.6) is 23.0 Å². The maximum atomic E-state index is 11.7. The van der Waals surface area contributed by atoms with Gasteiger partial charge < -0.3 is 33.5 Å². The van der Waals surface area contributed by atoms with Gasteiger partial charge in [-0.3, -0.25) is 9.59 Å². The van der Waals surface area contributed by atoms with Crippen LogP contribution in [0.3, 0.4) is 0 Å². The van der Waals surface area contributed by atoms with Gasteiger partial charge in [0.15, 0.2) is 11.5 Å². The number of hydrogen-bond acceptors (Lipinski definition) is 9. The Balaban J connectivity index is 1.48. The van der Waals surface area contributed by atoms with Gasteiger partial charge in [-0.2, -0.15) is 0 Å². The molecule has 45 heavy (non-hydrogen) atoms. The molecule has 234 valence electrons. The lowest BCUT2D eigenvalue weighted by Crippen LogP contribution is -2.38. The van der Waals surface area contributed by atoms with Crippen LogP contribution in [-0.4, -0.2) is 50.1 Å². The minimum atomic E-state index is -1.07. The number of esters is 2. The van der Waals surface area contributed by atoms with Gasteiger partial charge >= 0.3 is 11.9 Å². The van der Waals surface area contributed by atoms with Gasteiger partial charge in [-0.15, -0.1) is 0 Å². The third-order valence-electron chi connectivity index (χ3n) is 7.71. The second kappa shape index (κ2) is 13.9. The second-order valence-corrected chi connectivity index (χ2v) is 10.7. The van der Waals surface area contributed by atoms with Crippen molar-refractivity contribution < 1.29 is 43.1 Å². The third-order valence-corrected chi connectivity index (χ3v) is 7.71. The van der Waals surface area contributed by atoms with E-state index in [0.717, 1.165) is 16.7 Å². The molecule has 0 aliphatic carbocycles. The lowest BCUT2D eigenvalue weighted by atomic mass is 9.80. The van der Waals surface area contributed by atoms with Crippen LogP contribution in [0.15, 0.2) is 97.1 Å². The molecule has 4 aromatic carbocycles. The zero-order valence-electron chi connectivity index (χ0n) is 25.6. The Hall–Kier alpha value is -4.70. The van der Waals surface area contributed by atoms with Crippen LogP contribution >= 0.6 is 0 Å². The molecule has 9 nitrogen and oxygen atoms in total. The Morgan fingerprint density at radius 2 is 1.29 bits per heavy atom. The summed E-state index contributed by atoms with van der Waals surface area (Å²) in [5.74, 6) is 0.521. The maximum absolute atomic E-state index is 11.7. The molecular weight excluding hydrogens is 576 g/mol. The normalized spacial score (nSPS) is 17.8. The van der Waals surface area contributed by atoms with Gasteiger partial charge in [-0.05, 0) is 58.7 Å². The third kappa shape index (κ3) is 7.01. The van der Waals surface area contributed by atoms with E-state index in [4.69, 9.17) is 28.4 Å². The van der Waals surface area contributed by atoms with Crippen molar-refractivity contribution >= 4 is 11.9 Å². The van der Waals surface area contributed by atoms with Gasteiger partial charge in [0.05, 0.1) is 33.0 Å². The molecule has 3 atom stereocenters. The van der Waals surface area contributed by atoms with E-state index >= 15 is 0 Å². The maximum Gasteiger partial charge on any atom is 0.308 e. The summed E-state index contributed by atoms with van der Waals surface area (Å²) >= 11 is 0. The van der Waals surface area contributed by atoms with E-state index in [1.54, 1.807) is 32.4 Å². The molecule has 1 saturated heterocycles. The number of ether oxygens (including phenoxy) is 6. The van der Waals surface area contributed by atoms with Gasteiger partial charge in [-0.1, -0.05) is 60.7 Å². The second-order valence-electron chi connectivity index (χ2n) is 10.7. The van der Waals surface area contributed by atoms with E-state index in [2.05, 4.69) is 0 Å². The van der Waals surface area contributed by atoms with Crippen molar-refractivity contribution in [3.8, 4) is 23.0 Å². The van der Waals surface area contributed by atoms with E-state index in [1.807, 2.05) is 78.9 Å². The standard InChI is InChI=1S/C36H36O9/c1-23(37)43-32-19-10-25(20-34(32)44-24(2)38)33-21-31(39)35(45-33)22-42-36(26-8-6-5-7-9-26,27-11-15-29(40-3)16-12-27)28-13-17-30(41-4)18-14-28/h5-20,31,33,35,39H,21-22H2,1-4H3/t31-,33+,35+/m0/s1. The van der Waals surface area contributed by atoms with Crippen LogP contribution < -0.4 is 18.9 Å². The number of benzene rings is 4. The smallest absolute Gasteiger partial charge is 0.308 e. The quantitative estimate of drug-likeness (QED) is 0.129. The molecule has 0 aromatic heterocycles. The molecule has 1 aliphatic rings. The van der Waals surface area contributed by atoms with E-state index in [-0.39, 0.29) is 24.5 Å². The SMILES string of the molecule is COc1ccc(C(OC[C@H]2O[C@@H](c3ccc(OC(C)=O)c(OC(C)=O)c3)C[C@@H]2O)(c2ccccc2)c2ccc(OC)cc2)cc1. The zero-order chi connectivity index (χ0) is 32.0. The van der Waals surface area contributed by atoms with Crippen molar-refractivity contribution in [1.29, 1.82) is 0 Å². The Bertz CT molecular complexity index is 1550. The molecule has 1 heterocycles. The van der Waals surface area contributed by atoms with Crippen LogP contribution in [0.2, 0.25) is 0 Å². The average molecular weight is 613 g/mol. The summed E-state index contributed by atoms with van der Waals surface area (Å²) in [5, 5.41) is 11.2. The molecule has 1 fully saturated rings. The number of methoxy groups -OCH3 is 2. The van der Waals surface area contributed by atoms with E-state index in [9.17, 15) is 14.7 Å². The summed E-state index contributed by atoms with van der Waals surface area (Å²) in [6.07, 6.45) is -1.77. The number of aliphatic hydroxyl groups is 1. The molecule has 0 bridgehead atoms. The van der Waals surface area contributed by atoms with Crippen LogP contribution in [0.1, 0.15) is 48.6 Å². The van der Waals surface area contributed by atoms with Gasteiger partial charge in [0.25, 0.3) is 0 Å². The van der Waals surface area contributed by atoms with Crippen molar-refractivity contribution in [3.63, 3.8) is 0 Å². The molecule has 4 aromatic rings. The first-order valence-corrected chi connectivity index (χ1v) is 14.6. The zero-order valence-corrected chi connectivity index (χ0v) is 25.6. The number of hydrogen-bond donors (Lipinski definition) is 1. The highest BCUT2D eigenvalue weighted by atomic mass is 16.6. The molecule has 0 amide bonds. The Morgan fingerprint density at radius 1 is 0.756 bits per heavy atom. The highest BCUT2D eigenvalue weighted by Gasteiger charge is 2.42. The van der Waals surface area contributed by atoms with Crippen molar-refractivity contribution in [3.05, 3.63) is 119 Å². The minimum Gasteiger partial charge on any atom is -0.497 e. The lowest BCUT2D eigenvalue weighted by Gasteiger charge is -2.37. The van der Waals surface area contributed by atoms with Gasteiger partial charge in [-0.25, -0.2) is 0 Å². The molecule has 0 unspecified atom stereocenters. The molecule has 9 heteroatoms. The molecule has 0 spiro atoms. The fraction of sp³-hybridized carbons (Fsp3) is 0.278. The summed E-state index contributed by atoms with van der Waals surface area (Å²) in [6, 6.07) is 30.1. The average Bonchev–Trinajstić information content (AvgIpc) is 3.43. The molecule has 1 aliphatic heterocycles. The first-order chi connectivity index (χ1) is 21.7. The van der Waals surface area contributed by atoms with Gasteiger partial charge in [0, 0.05) is 20.3 Å². The molecule has 0 saturated carbocycles. The summed E-state index contributed by atoms with van der Waals surface area (Å²) in [7, 11) is 3.24. The first-order valence-electron chi connectivity index (χ1n) is 14.6. The topological polar surface area (TPSA) is 110 Å². The number of aliphatic hydroxyl groups excluding tert-OH is 1. The molecule has 1 N–H and O–H groups in total. The molecular formula is C36H36O9. The van der Waals surface area contributed by atoms with Crippen LogP contribution in [-0.2, 0) is 24.7 Å². The minimum absolute atomic E-state index is 0.0486. The Labute approximate surface area is 262 Å². The largest absolute Gasteiger partial charge is 0.497 e. The molecule has 5 rings (SSSR count). The van der Waals surface area contributed by atoms with Gasteiger partial charge in [0.1, 0.15) is 23.2 Å². The van der Waals surface area contributed by atoms with E-state index in [1.165, 1.54) is 13.8 Å². The van der Waals surface area contributed by atoms with Crippen LogP contribution in [0.25, 0.3) is 0 Å². The van der Waals surface area contributed by atoms with E-state index in [0.29, 0.717) is 17.1 Å². The Morgan fingerprint density at radius 3 is 1.82 bits per heavy atom. The molecule has 0 radical (unpaired) electrons. The van der Waals surface area contributed by atoms with E-state index < -0.39 is 35.9 Å². The highest BCUT2D eigenvalue weighted by Crippen LogP contribution is 2.43. The first kappa shape index (κ1) is 31.7. The van der Waals surface area contributed by atoms with Crippen LogP contribution in [0.4, 0.5) is 0 Å². The predicted octanol–water partition coefficient (Wildman–Crippen LogP) is 5.75. The lowest BCUT2D eigenvalue weighted by molar-refractivity contribution is -0.134. The van der Waals surface area contributed by atoms with Crippen molar-refractivity contribution in [2.45, 2.75) is 44.2 Å².